The molecule has 1 saturated heterocycles. The zero-order valence-corrected chi connectivity index (χ0v) is 16.1. The molecule has 0 spiro atoms. The van der Waals surface area contributed by atoms with E-state index >= 15 is 0 Å². The Morgan fingerprint density at radius 2 is 1.76 bits per heavy atom. The van der Waals surface area contributed by atoms with E-state index < -0.39 is 0 Å². The lowest BCUT2D eigenvalue weighted by atomic mass is 10.1. The zero-order chi connectivity index (χ0) is 17.8. The van der Waals surface area contributed by atoms with Gasteiger partial charge in [-0.15, -0.1) is 23.5 Å². The molecule has 0 radical (unpaired) electrons. The lowest BCUT2D eigenvalue weighted by Gasteiger charge is -2.26. The van der Waals surface area contributed by atoms with E-state index in [-0.39, 0.29) is 17.8 Å². The molecule has 0 bridgehead atoms. The quantitative estimate of drug-likeness (QED) is 0.701. The van der Waals surface area contributed by atoms with Crippen LogP contribution in [0.5, 0.6) is 0 Å². The van der Waals surface area contributed by atoms with Crippen molar-refractivity contribution in [1.29, 1.82) is 0 Å². The fraction of sp³-hybridized carbons (Fsp3) is 0.350. The van der Waals surface area contributed by atoms with Crippen LogP contribution in [-0.4, -0.2) is 29.4 Å². The monoisotopic (exact) mass is 375 g/mol. The molecule has 2 aromatic rings. The predicted molar refractivity (Wildman–Crippen MR) is 106 cm³/mol. The van der Waals surface area contributed by atoms with Gasteiger partial charge in [0, 0.05) is 18.2 Å². The van der Waals surface area contributed by atoms with Crippen LogP contribution in [0.15, 0.2) is 48.5 Å². The van der Waals surface area contributed by atoms with Gasteiger partial charge in [0.2, 0.25) is 0 Å². The van der Waals surface area contributed by atoms with E-state index in [4.69, 9.17) is 0 Å². The number of benzene rings is 2. The molecule has 1 aliphatic heterocycles. The Labute approximate surface area is 157 Å². The number of halogens is 1. The van der Waals surface area contributed by atoms with Crippen molar-refractivity contribution in [3.05, 3.63) is 71.0 Å². The molecule has 2 nitrogen and oxygen atoms in total. The summed E-state index contributed by atoms with van der Waals surface area (Å²) in [5, 5.41) is 0. The van der Waals surface area contributed by atoms with Gasteiger partial charge in [0.05, 0.1) is 10.6 Å². The molecule has 2 aromatic carbocycles. The fourth-order valence-electron chi connectivity index (χ4n) is 2.87. The van der Waals surface area contributed by atoms with Crippen molar-refractivity contribution in [2.45, 2.75) is 24.0 Å². The van der Waals surface area contributed by atoms with Gasteiger partial charge in [0.1, 0.15) is 5.82 Å². The summed E-state index contributed by atoms with van der Waals surface area (Å²) in [6.45, 7) is 1.85. The number of thioether (sulfide) groups is 2. The summed E-state index contributed by atoms with van der Waals surface area (Å²) >= 11 is 3.93. The molecule has 1 aliphatic rings. The predicted octanol–water partition coefficient (Wildman–Crippen LogP) is 5.53. The van der Waals surface area contributed by atoms with Crippen LogP contribution >= 0.6 is 23.5 Å². The minimum Gasteiger partial charge on any atom is -0.335 e. The first-order valence-corrected chi connectivity index (χ1v) is 10.5. The average molecular weight is 376 g/mol. The first kappa shape index (κ1) is 18.3. The van der Waals surface area contributed by atoms with Gasteiger partial charge in [0.15, 0.2) is 0 Å². The van der Waals surface area contributed by atoms with Crippen LogP contribution in [0.25, 0.3) is 0 Å². The van der Waals surface area contributed by atoms with Gasteiger partial charge < -0.3 is 4.90 Å². The van der Waals surface area contributed by atoms with Gasteiger partial charge in [0.25, 0.3) is 5.91 Å². The van der Waals surface area contributed by atoms with Crippen molar-refractivity contribution >= 4 is 29.4 Å². The Bertz CT molecular complexity index is 729. The number of rotatable bonds is 4. The van der Waals surface area contributed by atoms with E-state index in [1.54, 1.807) is 30.1 Å². The second-order valence-corrected chi connectivity index (χ2v) is 8.89. The lowest BCUT2D eigenvalue weighted by molar-refractivity contribution is 0.0740. The number of amides is 1. The summed E-state index contributed by atoms with van der Waals surface area (Å²) in [6.07, 6.45) is 1.27. The normalized spacial score (nSPS) is 16.4. The maximum atomic E-state index is 14.0. The van der Waals surface area contributed by atoms with Gasteiger partial charge >= 0.3 is 0 Å². The largest absolute Gasteiger partial charge is 0.335 e. The molecule has 0 aromatic heterocycles. The van der Waals surface area contributed by atoms with E-state index in [1.165, 1.54) is 29.6 Å². The Morgan fingerprint density at radius 1 is 1.12 bits per heavy atom. The zero-order valence-electron chi connectivity index (χ0n) is 14.4. The first-order valence-electron chi connectivity index (χ1n) is 8.42. The molecular formula is C20H22FNOS2. The Kier molecular flexibility index (Phi) is 6.07. The second-order valence-electron chi connectivity index (χ2n) is 6.16. The van der Waals surface area contributed by atoms with Crippen molar-refractivity contribution in [2.24, 2.45) is 0 Å². The maximum Gasteiger partial charge on any atom is 0.254 e. The Hall–Kier alpha value is -1.46. The van der Waals surface area contributed by atoms with Crippen LogP contribution in [0.4, 0.5) is 4.39 Å². The summed E-state index contributed by atoms with van der Waals surface area (Å²) in [6, 6.07) is 14.2. The highest BCUT2D eigenvalue weighted by molar-refractivity contribution is 8.16. The van der Waals surface area contributed by atoms with E-state index in [2.05, 4.69) is 0 Å². The minimum absolute atomic E-state index is 0.0914. The molecule has 1 fully saturated rings. The molecule has 1 atom stereocenters. The molecule has 0 N–H and O–H groups in total. The third kappa shape index (κ3) is 4.21. The highest BCUT2D eigenvalue weighted by Crippen LogP contribution is 2.43. The Morgan fingerprint density at radius 3 is 2.40 bits per heavy atom. The summed E-state index contributed by atoms with van der Waals surface area (Å²) in [7, 11) is 1.72. The standard InChI is InChI=1S/C20H22FNOS2/c1-14(17-6-3-4-7-18(17)21)22(2)19(23)15-8-10-16(11-9-15)20-24-12-5-13-25-20/h3-4,6-11,14,20H,5,12-13H2,1-2H3. The van der Waals surface area contributed by atoms with Crippen molar-refractivity contribution in [2.75, 3.05) is 18.6 Å². The van der Waals surface area contributed by atoms with Gasteiger partial charge in [-0.2, -0.15) is 0 Å². The van der Waals surface area contributed by atoms with Crippen LogP contribution in [0.3, 0.4) is 0 Å². The van der Waals surface area contributed by atoms with E-state index in [0.717, 1.165) is 0 Å². The molecule has 25 heavy (non-hydrogen) atoms. The van der Waals surface area contributed by atoms with Gasteiger partial charge in [-0.25, -0.2) is 4.39 Å². The lowest BCUT2D eigenvalue weighted by Crippen LogP contribution is -2.30. The smallest absolute Gasteiger partial charge is 0.254 e. The molecule has 0 saturated carbocycles. The molecule has 0 aliphatic carbocycles. The number of hydrogen-bond acceptors (Lipinski definition) is 3. The molecule has 3 rings (SSSR count). The fourth-order valence-corrected chi connectivity index (χ4v) is 5.76. The number of hydrogen-bond donors (Lipinski definition) is 0. The van der Waals surface area contributed by atoms with E-state index in [0.29, 0.717) is 15.7 Å². The SMILES string of the molecule is CC(c1ccccc1F)N(C)C(=O)c1ccc(C2SCCCS2)cc1. The third-order valence-electron chi connectivity index (χ3n) is 4.51. The molecular weight excluding hydrogens is 353 g/mol. The van der Waals surface area contributed by atoms with Crippen LogP contribution in [0.2, 0.25) is 0 Å². The van der Waals surface area contributed by atoms with Crippen LogP contribution < -0.4 is 0 Å². The Balaban J connectivity index is 1.72. The number of carbonyl (C=O) groups excluding carboxylic acids is 1. The third-order valence-corrected chi connectivity index (χ3v) is 7.53. The van der Waals surface area contributed by atoms with Crippen molar-refractivity contribution in [3.63, 3.8) is 0 Å². The van der Waals surface area contributed by atoms with Gasteiger partial charge in [-0.1, -0.05) is 30.3 Å². The maximum absolute atomic E-state index is 14.0. The van der Waals surface area contributed by atoms with E-state index in [9.17, 15) is 9.18 Å². The topological polar surface area (TPSA) is 20.3 Å². The average Bonchev–Trinajstić information content (AvgIpc) is 2.67. The van der Waals surface area contributed by atoms with Crippen LogP contribution in [0.1, 0.15) is 45.5 Å². The van der Waals surface area contributed by atoms with Crippen LogP contribution in [-0.2, 0) is 0 Å². The van der Waals surface area contributed by atoms with E-state index in [1.807, 2.05) is 54.7 Å². The highest BCUT2D eigenvalue weighted by atomic mass is 32.2. The minimum atomic E-state index is -0.321. The summed E-state index contributed by atoms with van der Waals surface area (Å²) < 4.78 is 14.4. The second kappa shape index (κ2) is 8.28. The molecule has 1 amide bonds. The van der Waals surface area contributed by atoms with Crippen molar-refractivity contribution in [1.82, 2.24) is 4.90 Å². The van der Waals surface area contributed by atoms with Crippen LogP contribution in [0, 0.1) is 5.82 Å². The summed E-state index contributed by atoms with van der Waals surface area (Å²) in [5.41, 5.74) is 2.43. The number of nitrogens with zero attached hydrogens (tertiary/aromatic N) is 1. The molecule has 5 heteroatoms. The number of carbonyl (C=O) groups is 1. The summed E-state index contributed by atoms with van der Waals surface area (Å²) in [5.74, 6) is 2.02. The molecule has 1 unspecified atom stereocenters. The van der Waals surface area contributed by atoms with Crippen molar-refractivity contribution < 1.29 is 9.18 Å². The van der Waals surface area contributed by atoms with Gasteiger partial charge in [-0.3, -0.25) is 4.79 Å². The highest BCUT2D eigenvalue weighted by Gasteiger charge is 2.22. The van der Waals surface area contributed by atoms with Crippen molar-refractivity contribution in [3.8, 4) is 0 Å². The molecule has 132 valence electrons. The van der Waals surface area contributed by atoms with Gasteiger partial charge in [-0.05, 0) is 48.6 Å². The summed E-state index contributed by atoms with van der Waals surface area (Å²) in [4.78, 5) is 14.3. The molecule has 1 heterocycles. The first-order chi connectivity index (χ1) is 12.1.